The molecule has 0 saturated carbocycles. The van der Waals surface area contributed by atoms with Gasteiger partial charge in [0.05, 0.1) is 11.2 Å². The number of benzene rings is 3. The highest BCUT2D eigenvalue weighted by Crippen LogP contribution is 2.44. The highest BCUT2D eigenvalue weighted by atomic mass is 19.3. The summed E-state index contributed by atoms with van der Waals surface area (Å²) in [4.78, 5) is 12.9. The van der Waals surface area contributed by atoms with Gasteiger partial charge >= 0.3 is 19.8 Å². The molecule has 1 N–H and O–H groups in total. The highest BCUT2D eigenvalue weighted by Gasteiger charge is 2.52. The molecule has 214 valence electrons. The Morgan fingerprint density at radius 2 is 1.56 bits per heavy atom. The standard InChI is InChI=1S/C31H31BF3NO5/c1-30(2)31(3,4)41-32(40-30)20(15-19-13-14-21(33)16-27(19)39-28(34)35)17-36-29(37)38-18-26-24-11-7-5-9-22(24)23-10-6-8-12-25(23)26/h5-16,26,28H,17-18H2,1-4H3,(H,36,37). The van der Waals surface area contributed by atoms with Crippen molar-refractivity contribution >= 4 is 19.3 Å². The number of alkyl carbamates (subject to hydrolysis) is 1. The molecule has 41 heavy (non-hydrogen) atoms. The van der Waals surface area contributed by atoms with Gasteiger partial charge in [-0.25, -0.2) is 9.18 Å². The molecule has 0 unspecified atom stereocenters. The Morgan fingerprint density at radius 1 is 0.976 bits per heavy atom. The quantitative estimate of drug-likeness (QED) is 0.299. The molecule has 1 heterocycles. The first-order valence-corrected chi connectivity index (χ1v) is 13.3. The van der Waals surface area contributed by atoms with E-state index >= 15 is 0 Å². The maximum atomic E-state index is 13.8. The molecule has 1 saturated heterocycles. The van der Waals surface area contributed by atoms with Crippen LogP contribution in [0.3, 0.4) is 0 Å². The Balaban J connectivity index is 1.34. The zero-order chi connectivity index (χ0) is 29.4. The number of hydrogen-bond acceptors (Lipinski definition) is 5. The Hall–Kier alpha value is -3.76. The average Bonchev–Trinajstić information content (AvgIpc) is 3.35. The van der Waals surface area contributed by atoms with Gasteiger partial charge in [-0.1, -0.05) is 54.6 Å². The van der Waals surface area contributed by atoms with Crippen LogP contribution in [0.4, 0.5) is 18.0 Å². The zero-order valence-corrected chi connectivity index (χ0v) is 23.2. The molecule has 6 nitrogen and oxygen atoms in total. The molecule has 5 rings (SSSR count). The topological polar surface area (TPSA) is 66.0 Å². The summed E-state index contributed by atoms with van der Waals surface area (Å²) in [5, 5.41) is 2.73. The molecule has 0 atom stereocenters. The van der Waals surface area contributed by atoms with E-state index in [1.807, 2.05) is 64.1 Å². The lowest BCUT2D eigenvalue weighted by molar-refractivity contribution is -0.0501. The van der Waals surface area contributed by atoms with Gasteiger partial charge in [0.2, 0.25) is 0 Å². The molecular weight excluding hydrogens is 534 g/mol. The third kappa shape index (κ3) is 5.99. The zero-order valence-electron chi connectivity index (χ0n) is 23.2. The fraction of sp³-hybridized carbons (Fsp3) is 0.323. The second kappa shape index (κ2) is 11.3. The first-order chi connectivity index (χ1) is 19.4. The van der Waals surface area contributed by atoms with Crippen molar-refractivity contribution in [2.75, 3.05) is 13.2 Å². The van der Waals surface area contributed by atoms with Crippen molar-refractivity contribution in [3.8, 4) is 16.9 Å². The summed E-state index contributed by atoms with van der Waals surface area (Å²) in [6.07, 6.45) is 0.820. The molecule has 0 radical (unpaired) electrons. The van der Waals surface area contributed by atoms with E-state index < -0.39 is 36.8 Å². The minimum atomic E-state index is -3.15. The Labute approximate surface area is 237 Å². The van der Waals surface area contributed by atoms with Crippen LogP contribution in [0.1, 0.15) is 50.3 Å². The second-order valence-electron chi connectivity index (χ2n) is 11.0. The van der Waals surface area contributed by atoms with E-state index in [4.69, 9.17) is 14.0 Å². The van der Waals surface area contributed by atoms with Gasteiger partial charge in [-0.2, -0.15) is 8.78 Å². The summed E-state index contributed by atoms with van der Waals surface area (Å²) < 4.78 is 62.4. The van der Waals surface area contributed by atoms with Crippen LogP contribution in [0.2, 0.25) is 0 Å². The third-order valence-electron chi connectivity index (χ3n) is 7.87. The fourth-order valence-electron chi connectivity index (χ4n) is 5.05. The fourth-order valence-corrected chi connectivity index (χ4v) is 5.05. The molecule has 0 spiro atoms. The van der Waals surface area contributed by atoms with Crippen molar-refractivity contribution in [2.45, 2.75) is 51.4 Å². The SMILES string of the molecule is CC1(C)OB(C(=Cc2ccc(F)cc2OC(F)F)CNC(=O)OCC2c3ccccc3-c3ccccc32)OC1(C)C. The van der Waals surface area contributed by atoms with Gasteiger partial charge in [0.15, 0.2) is 0 Å². The summed E-state index contributed by atoms with van der Waals surface area (Å²) in [5.74, 6) is -1.19. The largest absolute Gasteiger partial charge is 0.492 e. The minimum absolute atomic E-state index is 0.0843. The smallest absolute Gasteiger partial charge is 0.449 e. The number of ether oxygens (including phenoxy) is 2. The molecule has 10 heteroatoms. The van der Waals surface area contributed by atoms with Crippen molar-refractivity contribution < 1.29 is 36.7 Å². The van der Waals surface area contributed by atoms with Gasteiger partial charge in [0.1, 0.15) is 18.2 Å². The summed E-state index contributed by atoms with van der Waals surface area (Å²) in [6, 6.07) is 19.4. The average molecular weight is 565 g/mol. The molecule has 1 amide bonds. The Bertz CT molecular complexity index is 1410. The number of fused-ring (bicyclic) bond motifs is 3. The molecule has 2 aliphatic rings. The number of rotatable bonds is 8. The van der Waals surface area contributed by atoms with Gasteiger partial charge in [-0.15, -0.1) is 0 Å². The van der Waals surface area contributed by atoms with Crippen molar-refractivity contribution in [1.29, 1.82) is 0 Å². The first kappa shape index (κ1) is 28.8. The van der Waals surface area contributed by atoms with E-state index in [1.54, 1.807) is 0 Å². The summed E-state index contributed by atoms with van der Waals surface area (Å²) in [6.45, 7) is 4.36. The molecule has 3 aromatic carbocycles. The number of hydrogen-bond donors (Lipinski definition) is 1. The van der Waals surface area contributed by atoms with Gasteiger partial charge in [0.25, 0.3) is 0 Å². The van der Waals surface area contributed by atoms with Gasteiger partial charge in [-0.3, -0.25) is 0 Å². The molecule has 0 bridgehead atoms. The number of halogens is 3. The van der Waals surface area contributed by atoms with Crippen molar-refractivity contribution in [1.82, 2.24) is 5.32 Å². The monoisotopic (exact) mass is 565 g/mol. The van der Waals surface area contributed by atoms with Gasteiger partial charge in [-0.05, 0) is 67.6 Å². The van der Waals surface area contributed by atoms with Crippen molar-refractivity contribution in [2.24, 2.45) is 0 Å². The van der Waals surface area contributed by atoms with Crippen LogP contribution in [-0.2, 0) is 14.0 Å². The van der Waals surface area contributed by atoms with Gasteiger partial charge < -0.3 is 24.1 Å². The van der Waals surface area contributed by atoms with E-state index in [0.29, 0.717) is 5.47 Å². The number of alkyl halides is 2. The molecule has 1 fully saturated rings. The van der Waals surface area contributed by atoms with Crippen molar-refractivity contribution in [3.63, 3.8) is 0 Å². The summed E-state index contributed by atoms with van der Waals surface area (Å²) in [7, 11) is -0.918. The molecule has 1 aliphatic carbocycles. The van der Waals surface area contributed by atoms with Crippen LogP contribution >= 0.6 is 0 Å². The van der Waals surface area contributed by atoms with E-state index in [9.17, 15) is 18.0 Å². The van der Waals surface area contributed by atoms with E-state index in [0.717, 1.165) is 34.4 Å². The number of amides is 1. The lowest BCUT2D eigenvalue weighted by atomic mass is 9.77. The van der Waals surface area contributed by atoms with Crippen molar-refractivity contribution in [3.05, 3.63) is 94.7 Å². The van der Waals surface area contributed by atoms with E-state index in [2.05, 4.69) is 22.2 Å². The Morgan fingerprint density at radius 3 is 2.15 bits per heavy atom. The van der Waals surface area contributed by atoms with Crippen LogP contribution in [0.15, 0.2) is 72.2 Å². The van der Waals surface area contributed by atoms with Crippen LogP contribution in [-0.4, -0.2) is 44.2 Å². The minimum Gasteiger partial charge on any atom is -0.449 e. The van der Waals surface area contributed by atoms with Gasteiger partial charge in [0, 0.05) is 24.1 Å². The van der Waals surface area contributed by atoms with E-state index in [-0.39, 0.29) is 30.4 Å². The van der Waals surface area contributed by atoms with E-state index in [1.165, 1.54) is 12.1 Å². The second-order valence-corrected chi connectivity index (χ2v) is 11.0. The molecule has 1 aliphatic heterocycles. The lowest BCUT2D eigenvalue weighted by Crippen LogP contribution is -2.41. The first-order valence-electron chi connectivity index (χ1n) is 13.3. The number of carbonyl (C=O) groups is 1. The predicted molar refractivity (Wildman–Crippen MR) is 150 cm³/mol. The molecular formula is C31H31BF3NO5. The highest BCUT2D eigenvalue weighted by molar-refractivity contribution is 6.56. The number of carbonyl (C=O) groups excluding carboxylic acids is 1. The molecule has 3 aromatic rings. The number of nitrogens with one attached hydrogen (secondary N) is 1. The van der Waals surface area contributed by atoms with Crippen LogP contribution in [0.5, 0.6) is 5.75 Å². The van der Waals surface area contributed by atoms with Crippen LogP contribution in [0, 0.1) is 5.82 Å². The summed E-state index contributed by atoms with van der Waals surface area (Å²) in [5.41, 5.74) is 3.57. The van der Waals surface area contributed by atoms with Crippen LogP contribution < -0.4 is 10.1 Å². The Kier molecular flexibility index (Phi) is 7.90. The third-order valence-corrected chi connectivity index (χ3v) is 7.87. The maximum absolute atomic E-state index is 13.8. The summed E-state index contributed by atoms with van der Waals surface area (Å²) >= 11 is 0. The lowest BCUT2D eigenvalue weighted by Gasteiger charge is -2.32. The molecule has 0 aromatic heterocycles. The van der Waals surface area contributed by atoms with Crippen LogP contribution in [0.25, 0.3) is 17.2 Å². The predicted octanol–water partition coefficient (Wildman–Crippen LogP) is 6.98. The normalized spacial score (nSPS) is 17.4. The maximum Gasteiger partial charge on any atom is 0.492 e.